The number of rotatable bonds is 7. The van der Waals surface area contributed by atoms with Crippen LogP contribution in [0.4, 0.5) is 5.13 Å². The van der Waals surface area contributed by atoms with Crippen molar-refractivity contribution in [3.05, 3.63) is 58.9 Å². The first-order valence-corrected chi connectivity index (χ1v) is 12.7. The quantitative estimate of drug-likeness (QED) is 0.169. The molecule has 1 N–H and O–H groups in total. The Bertz CT molecular complexity index is 1400. The topological polar surface area (TPSA) is 77.3 Å². The number of nitrogens with one attached hydrogen (secondary N) is 1. The first-order chi connectivity index (χ1) is 16.3. The maximum atomic E-state index is 12.7. The van der Waals surface area contributed by atoms with Crippen molar-refractivity contribution in [3.8, 4) is 16.9 Å². The molecule has 2 aromatic heterocycles. The van der Waals surface area contributed by atoms with Crippen LogP contribution < -0.4 is 10.1 Å². The van der Waals surface area contributed by atoms with Crippen LogP contribution in [0.2, 0.25) is 0 Å². The molecule has 0 atom stereocenters. The lowest BCUT2D eigenvalue weighted by molar-refractivity contribution is -0.111. The smallest absolute Gasteiger partial charge is 0.250 e. The molecule has 6 nitrogen and oxygen atoms in total. The zero-order chi connectivity index (χ0) is 24.4. The third kappa shape index (κ3) is 4.74. The van der Waals surface area contributed by atoms with Crippen LogP contribution in [0.15, 0.2) is 45.4 Å². The summed E-state index contributed by atoms with van der Waals surface area (Å²) < 4.78 is 12.6. The summed E-state index contributed by atoms with van der Waals surface area (Å²) in [6.45, 7) is 10.1. The highest BCUT2D eigenvalue weighted by Gasteiger charge is 2.19. The van der Waals surface area contributed by atoms with Gasteiger partial charge in [-0.1, -0.05) is 53.8 Å². The van der Waals surface area contributed by atoms with Gasteiger partial charge in [0.1, 0.15) is 11.3 Å². The van der Waals surface area contributed by atoms with Gasteiger partial charge in [-0.2, -0.15) is 0 Å². The lowest BCUT2D eigenvalue weighted by Crippen LogP contribution is -2.08. The number of nitrogens with zero attached hydrogens (tertiary/aromatic N) is 2. The molecule has 8 heteroatoms. The van der Waals surface area contributed by atoms with Gasteiger partial charge in [-0.3, -0.25) is 10.1 Å². The van der Waals surface area contributed by atoms with E-state index in [2.05, 4.69) is 47.6 Å². The van der Waals surface area contributed by atoms with E-state index in [1.807, 2.05) is 26.8 Å². The zero-order valence-electron chi connectivity index (χ0n) is 20.1. The van der Waals surface area contributed by atoms with Crippen LogP contribution in [0.1, 0.15) is 36.1 Å². The van der Waals surface area contributed by atoms with Crippen molar-refractivity contribution in [1.29, 1.82) is 0 Å². The zero-order valence-corrected chi connectivity index (χ0v) is 21.7. The Morgan fingerprint density at radius 3 is 2.71 bits per heavy atom. The Morgan fingerprint density at radius 2 is 2.00 bits per heavy atom. The van der Waals surface area contributed by atoms with E-state index in [1.54, 1.807) is 31.2 Å². The number of hydrogen-bond donors (Lipinski definition) is 1. The van der Waals surface area contributed by atoms with Gasteiger partial charge in [-0.05, 0) is 56.2 Å². The number of carbonyl (C=O) groups is 1. The van der Waals surface area contributed by atoms with E-state index in [9.17, 15) is 4.79 Å². The van der Waals surface area contributed by atoms with Gasteiger partial charge in [-0.25, -0.2) is 0 Å². The summed E-state index contributed by atoms with van der Waals surface area (Å²) in [6, 6.07) is 8.43. The highest BCUT2D eigenvalue weighted by Crippen LogP contribution is 2.41. The first-order valence-electron chi connectivity index (χ1n) is 10.9. The van der Waals surface area contributed by atoms with Crippen LogP contribution >= 0.6 is 23.1 Å². The van der Waals surface area contributed by atoms with Crippen LogP contribution in [0.5, 0.6) is 5.75 Å². The summed E-state index contributed by atoms with van der Waals surface area (Å²) in [5, 5.41) is 12.4. The van der Waals surface area contributed by atoms with E-state index < -0.39 is 0 Å². The number of hydrogen-bond acceptors (Lipinski definition) is 7. The molecular formula is C26H27N3O3S2. The van der Waals surface area contributed by atoms with Crippen molar-refractivity contribution in [3.63, 3.8) is 0 Å². The Morgan fingerprint density at radius 1 is 1.21 bits per heavy atom. The Kier molecular flexibility index (Phi) is 7.09. The molecule has 0 bridgehead atoms. The lowest BCUT2D eigenvalue weighted by atomic mass is 9.94. The second-order valence-corrected chi connectivity index (χ2v) is 10.5. The van der Waals surface area contributed by atoms with Gasteiger partial charge >= 0.3 is 0 Å². The number of aryl methyl sites for hydroxylation is 3. The van der Waals surface area contributed by atoms with Gasteiger partial charge in [0.2, 0.25) is 11.0 Å². The average Bonchev–Trinajstić information content (AvgIpc) is 3.41. The summed E-state index contributed by atoms with van der Waals surface area (Å²) in [7, 11) is 1.63. The number of anilines is 1. The maximum absolute atomic E-state index is 12.7. The molecule has 4 aromatic rings. The number of ether oxygens (including phenoxy) is 1. The van der Waals surface area contributed by atoms with Gasteiger partial charge in [0.05, 0.1) is 13.4 Å². The van der Waals surface area contributed by atoms with E-state index in [-0.39, 0.29) is 5.91 Å². The normalized spacial score (nSPS) is 11.8. The van der Waals surface area contributed by atoms with Crippen molar-refractivity contribution in [1.82, 2.24) is 10.2 Å². The van der Waals surface area contributed by atoms with Crippen molar-refractivity contribution < 1.29 is 13.9 Å². The van der Waals surface area contributed by atoms with E-state index in [0.29, 0.717) is 10.9 Å². The molecule has 0 spiro atoms. The predicted octanol–water partition coefficient (Wildman–Crippen LogP) is 7.04. The molecule has 0 aliphatic rings. The van der Waals surface area contributed by atoms with E-state index >= 15 is 0 Å². The monoisotopic (exact) mass is 493 g/mol. The Hall–Kier alpha value is -3.10. The van der Waals surface area contributed by atoms with Gasteiger partial charge in [0, 0.05) is 28.2 Å². The number of benzene rings is 2. The van der Waals surface area contributed by atoms with Crippen LogP contribution in [0, 0.1) is 20.8 Å². The molecule has 0 radical (unpaired) electrons. The largest absolute Gasteiger partial charge is 0.496 e. The lowest BCUT2D eigenvalue weighted by Gasteiger charge is -2.13. The molecule has 2 aromatic carbocycles. The number of amides is 1. The fourth-order valence-corrected chi connectivity index (χ4v) is 5.71. The number of aromatic nitrogens is 2. The molecule has 0 saturated carbocycles. The summed E-state index contributed by atoms with van der Waals surface area (Å²) >= 11 is 2.96. The van der Waals surface area contributed by atoms with Crippen molar-refractivity contribution in [2.24, 2.45) is 0 Å². The Labute approximate surface area is 207 Å². The van der Waals surface area contributed by atoms with Crippen molar-refractivity contribution >= 4 is 50.7 Å². The van der Waals surface area contributed by atoms with Crippen LogP contribution in [-0.2, 0) is 4.79 Å². The average molecular weight is 494 g/mol. The molecule has 0 saturated heterocycles. The summed E-state index contributed by atoms with van der Waals surface area (Å²) in [6.07, 6.45) is 3.36. The molecule has 0 unspecified atom stereocenters. The highest BCUT2D eigenvalue weighted by molar-refractivity contribution is 8.01. The maximum Gasteiger partial charge on any atom is 0.250 e. The second kappa shape index (κ2) is 10.0. The number of fused-ring (bicyclic) bond motifs is 1. The van der Waals surface area contributed by atoms with Gasteiger partial charge in [0.15, 0.2) is 4.34 Å². The van der Waals surface area contributed by atoms with E-state index in [0.717, 1.165) is 48.9 Å². The van der Waals surface area contributed by atoms with Crippen LogP contribution in [0.3, 0.4) is 0 Å². The molecule has 176 valence electrons. The second-order valence-electron chi connectivity index (χ2n) is 8.05. The van der Waals surface area contributed by atoms with E-state index in [1.165, 1.54) is 22.5 Å². The minimum Gasteiger partial charge on any atom is -0.496 e. The third-order valence-electron chi connectivity index (χ3n) is 5.60. The Balaban J connectivity index is 1.73. The standard InChI is InChI=1S/C26H27N3O3S2/c1-7-33-26-29-28-25(34-26)27-22(30)11-16(4)19-12-20-21(18-9-8-14(2)10-15(18)3)13-32-24(20)17(5)23(19)31-6/h8-13H,7H2,1-6H3,(H,27,28,30)/b16-11+. The minimum atomic E-state index is -0.261. The third-order valence-corrected chi connectivity index (χ3v) is 7.45. The number of thioether (sulfide) groups is 1. The van der Waals surface area contributed by atoms with Crippen molar-refractivity contribution in [2.45, 2.75) is 39.0 Å². The molecular weight excluding hydrogens is 466 g/mol. The predicted molar refractivity (Wildman–Crippen MR) is 141 cm³/mol. The summed E-state index contributed by atoms with van der Waals surface area (Å²) in [5.41, 5.74) is 7.83. The van der Waals surface area contributed by atoms with Crippen LogP contribution in [-0.4, -0.2) is 29.0 Å². The molecule has 0 aliphatic carbocycles. The minimum absolute atomic E-state index is 0.261. The SMILES string of the molecule is CCSc1nnc(NC(=O)/C=C(\C)c2cc3c(-c4ccc(C)cc4C)coc3c(C)c2OC)s1. The number of carbonyl (C=O) groups excluding carboxylic acids is 1. The molecule has 2 heterocycles. The molecule has 4 rings (SSSR count). The summed E-state index contributed by atoms with van der Waals surface area (Å²) in [4.78, 5) is 12.7. The number of allylic oxidation sites excluding steroid dienone is 1. The van der Waals surface area contributed by atoms with Gasteiger partial charge < -0.3 is 9.15 Å². The van der Waals surface area contributed by atoms with Crippen LogP contribution in [0.25, 0.3) is 27.7 Å². The number of furan rings is 1. The fraction of sp³-hybridized carbons (Fsp3) is 0.269. The first kappa shape index (κ1) is 24.0. The molecule has 1 amide bonds. The fourth-order valence-electron chi connectivity index (χ4n) is 4.05. The summed E-state index contributed by atoms with van der Waals surface area (Å²) in [5.74, 6) is 1.33. The van der Waals surface area contributed by atoms with Gasteiger partial charge in [-0.15, -0.1) is 10.2 Å². The number of methoxy groups -OCH3 is 1. The molecule has 34 heavy (non-hydrogen) atoms. The molecule has 0 fully saturated rings. The highest BCUT2D eigenvalue weighted by atomic mass is 32.2. The molecule has 0 aliphatic heterocycles. The van der Waals surface area contributed by atoms with Gasteiger partial charge in [0.25, 0.3) is 0 Å². The van der Waals surface area contributed by atoms with Crippen molar-refractivity contribution in [2.75, 3.05) is 18.2 Å². The van der Waals surface area contributed by atoms with E-state index in [4.69, 9.17) is 9.15 Å².